The minimum atomic E-state index is 0.110. The lowest BCUT2D eigenvalue weighted by Crippen LogP contribution is -2.16. The lowest BCUT2D eigenvalue weighted by Gasteiger charge is -2.21. The minimum absolute atomic E-state index is 0.110. The predicted octanol–water partition coefficient (Wildman–Crippen LogP) is 3.43. The number of ether oxygens (including phenoxy) is 3. The number of carbonyl (C=O) groups excluding carboxylic acids is 1. The van der Waals surface area contributed by atoms with Crippen molar-refractivity contribution in [3.05, 3.63) is 42.0 Å². The van der Waals surface area contributed by atoms with Crippen LogP contribution >= 0.6 is 0 Å². The predicted molar refractivity (Wildman–Crippen MR) is 99.1 cm³/mol. The molecule has 1 saturated carbocycles. The van der Waals surface area contributed by atoms with Crippen LogP contribution < -0.4 is 24.8 Å². The zero-order valence-electron chi connectivity index (χ0n) is 14.7. The Bertz CT molecular complexity index is 800. The van der Waals surface area contributed by atoms with Gasteiger partial charge in [0.2, 0.25) is 11.7 Å². The fraction of sp³-hybridized carbons (Fsp3) is 0.350. The molecule has 2 aromatic carbocycles. The lowest BCUT2D eigenvalue weighted by atomic mass is 10.1. The molecule has 0 atom stereocenters. The molecule has 0 saturated heterocycles. The monoisotopic (exact) mass is 354 g/mol. The molecule has 1 amide bonds. The molecule has 136 valence electrons. The molecule has 0 spiro atoms. The fourth-order valence-electron chi connectivity index (χ4n) is 2.93. The fourth-order valence-corrected chi connectivity index (χ4v) is 2.93. The van der Waals surface area contributed by atoms with Gasteiger partial charge >= 0.3 is 0 Å². The maximum Gasteiger partial charge on any atom is 0.227 e. The first kappa shape index (κ1) is 16.6. The molecule has 0 unspecified atom stereocenters. The van der Waals surface area contributed by atoms with E-state index in [4.69, 9.17) is 14.2 Å². The summed E-state index contributed by atoms with van der Waals surface area (Å²) in [7, 11) is 1.62. The summed E-state index contributed by atoms with van der Waals surface area (Å²) >= 11 is 0. The van der Waals surface area contributed by atoms with Gasteiger partial charge in [-0.2, -0.15) is 0 Å². The highest BCUT2D eigenvalue weighted by Gasteiger charge is 2.29. The maximum atomic E-state index is 11.9. The van der Waals surface area contributed by atoms with E-state index in [9.17, 15) is 4.79 Å². The number of amides is 1. The Morgan fingerprint density at radius 3 is 2.77 bits per heavy atom. The molecule has 2 aliphatic rings. The van der Waals surface area contributed by atoms with Crippen LogP contribution in [-0.4, -0.2) is 26.2 Å². The van der Waals surface area contributed by atoms with Crippen LogP contribution in [0.25, 0.3) is 0 Å². The molecule has 0 aromatic heterocycles. The second kappa shape index (κ2) is 7.15. The molecule has 0 bridgehead atoms. The molecule has 1 fully saturated rings. The molecule has 6 nitrogen and oxygen atoms in total. The van der Waals surface area contributed by atoms with Crippen LogP contribution in [0.5, 0.6) is 17.2 Å². The molecule has 0 radical (unpaired) electrons. The Morgan fingerprint density at radius 1 is 1.15 bits per heavy atom. The third-order valence-electron chi connectivity index (χ3n) is 4.46. The van der Waals surface area contributed by atoms with Crippen LogP contribution in [0.15, 0.2) is 36.4 Å². The van der Waals surface area contributed by atoms with E-state index < -0.39 is 0 Å². The van der Waals surface area contributed by atoms with Crippen LogP contribution in [-0.2, 0) is 11.3 Å². The van der Waals surface area contributed by atoms with E-state index in [0.29, 0.717) is 37.0 Å². The average Bonchev–Trinajstić information content (AvgIpc) is 3.51. The van der Waals surface area contributed by atoms with Crippen LogP contribution in [0.2, 0.25) is 0 Å². The van der Waals surface area contributed by atoms with Gasteiger partial charge in [-0.3, -0.25) is 4.79 Å². The van der Waals surface area contributed by atoms with E-state index in [0.717, 1.165) is 29.8 Å². The normalized spacial score (nSPS) is 15.3. The number of fused-ring (bicyclic) bond motifs is 1. The van der Waals surface area contributed by atoms with Crippen molar-refractivity contribution in [1.29, 1.82) is 0 Å². The number of carbonyl (C=O) groups is 1. The van der Waals surface area contributed by atoms with E-state index >= 15 is 0 Å². The van der Waals surface area contributed by atoms with Crippen molar-refractivity contribution in [2.45, 2.75) is 19.4 Å². The van der Waals surface area contributed by atoms with E-state index in [1.165, 1.54) is 0 Å². The van der Waals surface area contributed by atoms with Gasteiger partial charge in [-0.25, -0.2) is 0 Å². The largest absolute Gasteiger partial charge is 0.493 e. The van der Waals surface area contributed by atoms with Crippen molar-refractivity contribution in [2.75, 3.05) is 31.0 Å². The Kier molecular flexibility index (Phi) is 4.56. The summed E-state index contributed by atoms with van der Waals surface area (Å²) in [4.78, 5) is 11.9. The number of hydrogen-bond donors (Lipinski definition) is 2. The molecular formula is C20H22N2O4. The van der Waals surface area contributed by atoms with Gasteiger partial charge in [0.1, 0.15) is 13.2 Å². The van der Waals surface area contributed by atoms with E-state index in [2.05, 4.69) is 10.6 Å². The van der Waals surface area contributed by atoms with Crippen LogP contribution in [0.1, 0.15) is 18.4 Å². The first-order valence-electron chi connectivity index (χ1n) is 8.84. The van der Waals surface area contributed by atoms with Crippen LogP contribution in [0.3, 0.4) is 0 Å². The third kappa shape index (κ3) is 3.69. The first-order valence-corrected chi connectivity index (χ1v) is 8.84. The standard InChI is InChI=1S/C20H22N2O4/c1-24-17-9-13(10-18-19(17)26-8-7-25-18)12-21-15-3-2-4-16(11-15)22-20(23)14-5-6-14/h2-4,9-11,14,21H,5-8,12H2,1H3,(H,22,23). The van der Waals surface area contributed by atoms with Gasteiger partial charge in [-0.05, 0) is 48.7 Å². The highest BCUT2D eigenvalue weighted by molar-refractivity contribution is 5.94. The molecule has 2 aromatic rings. The summed E-state index contributed by atoms with van der Waals surface area (Å²) < 4.78 is 16.7. The number of rotatable bonds is 6. The molecule has 1 aliphatic heterocycles. The van der Waals surface area contributed by atoms with E-state index in [1.54, 1.807) is 7.11 Å². The van der Waals surface area contributed by atoms with E-state index in [-0.39, 0.29) is 11.8 Å². The maximum absolute atomic E-state index is 11.9. The molecule has 1 aliphatic carbocycles. The van der Waals surface area contributed by atoms with Gasteiger partial charge in [-0.1, -0.05) is 6.07 Å². The second-order valence-electron chi connectivity index (χ2n) is 6.52. The van der Waals surface area contributed by atoms with Crippen molar-refractivity contribution >= 4 is 17.3 Å². The first-order chi connectivity index (χ1) is 12.7. The van der Waals surface area contributed by atoms with Gasteiger partial charge in [0.05, 0.1) is 7.11 Å². The van der Waals surface area contributed by atoms with Gasteiger partial charge in [-0.15, -0.1) is 0 Å². The van der Waals surface area contributed by atoms with Crippen molar-refractivity contribution in [3.8, 4) is 17.2 Å². The Morgan fingerprint density at radius 2 is 1.96 bits per heavy atom. The molecule has 6 heteroatoms. The summed E-state index contributed by atoms with van der Waals surface area (Å²) in [5.74, 6) is 2.34. The minimum Gasteiger partial charge on any atom is -0.493 e. The topological polar surface area (TPSA) is 68.8 Å². The van der Waals surface area contributed by atoms with Crippen LogP contribution in [0, 0.1) is 5.92 Å². The molecule has 2 N–H and O–H groups in total. The highest BCUT2D eigenvalue weighted by Crippen LogP contribution is 2.40. The summed E-state index contributed by atoms with van der Waals surface area (Å²) in [5.41, 5.74) is 2.78. The van der Waals surface area contributed by atoms with Gasteiger partial charge in [0.15, 0.2) is 11.5 Å². The molecule has 26 heavy (non-hydrogen) atoms. The highest BCUT2D eigenvalue weighted by atomic mass is 16.6. The van der Waals surface area contributed by atoms with Crippen molar-refractivity contribution in [3.63, 3.8) is 0 Å². The molecule has 4 rings (SSSR count). The SMILES string of the molecule is COc1cc(CNc2cccc(NC(=O)C3CC3)c2)cc2c1OCCO2. The quantitative estimate of drug-likeness (QED) is 0.832. The summed E-state index contributed by atoms with van der Waals surface area (Å²) in [5, 5.41) is 6.34. The Labute approximate surface area is 152 Å². The number of anilines is 2. The Balaban J connectivity index is 1.44. The number of benzene rings is 2. The molecule has 1 heterocycles. The second-order valence-corrected chi connectivity index (χ2v) is 6.52. The summed E-state index contributed by atoms with van der Waals surface area (Å²) in [6, 6.07) is 11.6. The zero-order chi connectivity index (χ0) is 17.9. The van der Waals surface area contributed by atoms with Crippen molar-refractivity contribution in [2.24, 2.45) is 5.92 Å². The van der Waals surface area contributed by atoms with Crippen LogP contribution in [0.4, 0.5) is 11.4 Å². The lowest BCUT2D eigenvalue weighted by molar-refractivity contribution is -0.117. The number of nitrogens with one attached hydrogen (secondary N) is 2. The third-order valence-corrected chi connectivity index (χ3v) is 4.46. The van der Waals surface area contributed by atoms with E-state index in [1.807, 2.05) is 36.4 Å². The summed E-state index contributed by atoms with van der Waals surface area (Å²) in [6.45, 7) is 1.67. The van der Waals surface area contributed by atoms with Gasteiger partial charge in [0.25, 0.3) is 0 Å². The van der Waals surface area contributed by atoms with Gasteiger partial charge < -0.3 is 24.8 Å². The number of hydrogen-bond acceptors (Lipinski definition) is 5. The zero-order valence-corrected chi connectivity index (χ0v) is 14.7. The Hall–Kier alpha value is -2.89. The van der Waals surface area contributed by atoms with Gasteiger partial charge in [0, 0.05) is 23.8 Å². The summed E-state index contributed by atoms with van der Waals surface area (Å²) in [6.07, 6.45) is 1.99. The van der Waals surface area contributed by atoms with Crippen molar-refractivity contribution < 1.29 is 19.0 Å². The number of methoxy groups -OCH3 is 1. The van der Waals surface area contributed by atoms with Crippen molar-refractivity contribution in [1.82, 2.24) is 0 Å². The smallest absolute Gasteiger partial charge is 0.227 e. The molecular weight excluding hydrogens is 332 g/mol. The average molecular weight is 354 g/mol.